The Balaban J connectivity index is 2.28. The largest absolute Gasteiger partial charge is 0.466 e. The minimum absolute atomic E-state index is 0.0574. The Labute approximate surface area is 91.1 Å². The molecule has 4 unspecified atom stereocenters. The summed E-state index contributed by atoms with van der Waals surface area (Å²) in [4.78, 5) is 11.4. The van der Waals surface area contributed by atoms with Crippen LogP contribution in [0, 0.1) is 17.8 Å². The van der Waals surface area contributed by atoms with Crippen LogP contribution < -0.4 is 0 Å². The van der Waals surface area contributed by atoms with Gasteiger partial charge in [0.2, 0.25) is 0 Å². The number of aliphatic hydroxyl groups excluding tert-OH is 1. The van der Waals surface area contributed by atoms with Crippen molar-refractivity contribution >= 4 is 5.97 Å². The maximum Gasteiger partial charge on any atom is 0.309 e. The molecule has 0 bridgehead atoms. The fraction of sp³-hybridized carbons (Fsp3) is 0.750. The van der Waals surface area contributed by atoms with E-state index in [1.165, 1.54) is 6.08 Å². The van der Waals surface area contributed by atoms with Crippen molar-refractivity contribution in [1.29, 1.82) is 0 Å². The van der Waals surface area contributed by atoms with Gasteiger partial charge >= 0.3 is 5.97 Å². The second-order valence-corrected chi connectivity index (χ2v) is 4.18. The van der Waals surface area contributed by atoms with Gasteiger partial charge in [0, 0.05) is 0 Å². The molecule has 1 aliphatic carbocycles. The lowest BCUT2D eigenvalue weighted by Crippen LogP contribution is -2.09. The lowest BCUT2D eigenvalue weighted by molar-refractivity contribution is -0.145. The number of hydrogen-bond acceptors (Lipinski definition) is 3. The first kappa shape index (κ1) is 12.2. The van der Waals surface area contributed by atoms with Crippen LogP contribution in [0.5, 0.6) is 0 Å². The van der Waals surface area contributed by atoms with Crippen molar-refractivity contribution in [1.82, 2.24) is 0 Å². The number of aliphatic hydroxyl groups is 1. The van der Waals surface area contributed by atoms with E-state index in [0.717, 1.165) is 6.42 Å². The third kappa shape index (κ3) is 3.06. The van der Waals surface area contributed by atoms with E-state index in [4.69, 9.17) is 4.74 Å². The van der Waals surface area contributed by atoms with Crippen molar-refractivity contribution in [2.75, 3.05) is 6.61 Å². The zero-order chi connectivity index (χ0) is 11.4. The van der Waals surface area contributed by atoms with E-state index in [2.05, 4.69) is 13.5 Å². The first-order valence-corrected chi connectivity index (χ1v) is 5.59. The average molecular weight is 212 g/mol. The molecule has 0 aliphatic heterocycles. The van der Waals surface area contributed by atoms with Gasteiger partial charge in [-0.15, -0.1) is 6.58 Å². The fourth-order valence-corrected chi connectivity index (χ4v) is 2.10. The molecule has 1 fully saturated rings. The third-order valence-electron chi connectivity index (χ3n) is 3.19. The number of carbonyl (C=O) groups excluding carboxylic acids is 1. The highest BCUT2D eigenvalue weighted by Gasteiger charge is 2.51. The molecular formula is C12H20O3. The Morgan fingerprint density at radius 1 is 1.67 bits per heavy atom. The summed E-state index contributed by atoms with van der Waals surface area (Å²) in [5, 5.41) is 9.31. The molecule has 3 heteroatoms. The first-order chi connectivity index (χ1) is 7.11. The number of hydrogen-bond donors (Lipinski definition) is 1. The quantitative estimate of drug-likeness (QED) is 0.539. The van der Waals surface area contributed by atoms with Gasteiger partial charge in [0.1, 0.15) is 0 Å². The normalized spacial score (nSPS) is 30.7. The predicted molar refractivity (Wildman–Crippen MR) is 58.2 cm³/mol. The Morgan fingerprint density at radius 2 is 2.33 bits per heavy atom. The minimum atomic E-state index is -0.444. The van der Waals surface area contributed by atoms with E-state index >= 15 is 0 Å². The van der Waals surface area contributed by atoms with Gasteiger partial charge in [-0.1, -0.05) is 13.0 Å². The second kappa shape index (κ2) is 5.31. The lowest BCUT2D eigenvalue weighted by Gasteiger charge is -2.04. The van der Waals surface area contributed by atoms with Crippen LogP contribution in [-0.2, 0) is 9.53 Å². The van der Waals surface area contributed by atoms with Crippen molar-refractivity contribution < 1.29 is 14.6 Å². The standard InChI is InChI=1S/C12H20O3/c1-4-9(13)6-7-10-8(3)11(10)12(14)15-5-2/h4,8-11,13H,1,5-7H2,2-3H3. The molecule has 1 N–H and O–H groups in total. The summed E-state index contributed by atoms with van der Waals surface area (Å²) in [6.07, 6.45) is 2.65. The smallest absolute Gasteiger partial charge is 0.309 e. The van der Waals surface area contributed by atoms with Gasteiger partial charge in [-0.05, 0) is 31.6 Å². The van der Waals surface area contributed by atoms with Crippen molar-refractivity contribution in [3.05, 3.63) is 12.7 Å². The van der Waals surface area contributed by atoms with Crippen LogP contribution in [-0.4, -0.2) is 23.8 Å². The molecule has 15 heavy (non-hydrogen) atoms. The maximum atomic E-state index is 11.4. The molecule has 3 nitrogen and oxygen atoms in total. The summed E-state index contributed by atoms with van der Waals surface area (Å²) in [5.41, 5.74) is 0. The monoisotopic (exact) mass is 212 g/mol. The first-order valence-electron chi connectivity index (χ1n) is 5.59. The zero-order valence-corrected chi connectivity index (χ0v) is 9.48. The van der Waals surface area contributed by atoms with Crippen molar-refractivity contribution in [3.8, 4) is 0 Å². The average Bonchev–Trinajstić information content (AvgIpc) is 2.86. The van der Waals surface area contributed by atoms with Crippen LogP contribution in [0.15, 0.2) is 12.7 Å². The highest BCUT2D eigenvalue weighted by atomic mass is 16.5. The number of esters is 1. The van der Waals surface area contributed by atoms with Crippen molar-refractivity contribution in [3.63, 3.8) is 0 Å². The van der Waals surface area contributed by atoms with E-state index in [1.54, 1.807) is 0 Å². The van der Waals surface area contributed by atoms with Gasteiger partial charge in [-0.3, -0.25) is 4.79 Å². The van der Waals surface area contributed by atoms with Gasteiger partial charge < -0.3 is 9.84 Å². The van der Waals surface area contributed by atoms with Crippen molar-refractivity contribution in [2.45, 2.75) is 32.8 Å². The second-order valence-electron chi connectivity index (χ2n) is 4.18. The van der Waals surface area contributed by atoms with Gasteiger partial charge in [0.25, 0.3) is 0 Å². The predicted octanol–water partition coefficient (Wildman–Crippen LogP) is 1.76. The number of ether oxygens (including phenoxy) is 1. The molecule has 1 aliphatic rings. The molecular weight excluding hydrogens is 192 g/mol. The highest BCUT2D eigenvalue weighted by Crippen LogP contribution is 2.49. The summed E-state index contributed by atoms with van der Waals surface area (Å²) in [6.45, 7) is 7.85. The molecule has 0 radical (unpaired) electrons. The van der Waals surface area contributed by atoms with Gasteiger partial charge in [0.05, 0.1) is 18.6 Å². The molecule has 0 amide bonds. The summed E-state index contributed by atoms with van der Waals surface area (Å²) in [5.74, 6) is 0.768. The zero-order valence-electron chi connectivity index (χ0n) is 9.48. The molecule has 0 aromatic heterocycles. The topological polar surface area (TPSA) is 46.5 Å². The van der Waals surface area contributed by atoms with Crippen LogP contribution in [0.1, 0.15) is 26.7 Å². The SMILES string of the molecule is C=CC(O)CCC1C(C)C1C(=O)OCC. The lowest BCUT2D eigenvalue weighted by atomic mass is 10.1. The van der Waals surface area contributed by atoms with E-state index < -0.39 is 6.10 Å². The van der Waals surface area contributed by atoms with Crippen LogP contribution in [0.2, 0.25) is 0 Å². The number of rotatable bonds is 6. The molecule has 0 heterocycles. The third-order valence-corrected chi connectivity index (χ3v) is 3.19. The van der Waals surface area contributed by atoms with Crippen molar-refractivity contribution in [2.24, 2.45) is 17.8 Å². The fourth-order valence-electron chi connectivity index (χ4n) is 2.10. The molecule has 0 aromatic carbocycles. The van der Waals surface area contributed by atoms with Crippen LogP contribution >= 0.6 is 0 Å². The van der Waals surface area contributed by atoms with E-state index in [-0.39, 0.29) is 11.9 Å². The molecule has 1 saturated carbocycles. The molecule has 4 atom stereocenters. The molecule has 0 aromatic rings. The van der Waals surface area contributed by atoms with E-state index in [1.807, 2.05) is 6.92 Å². The van der Waals surface area contributed by atoms with Gasteiger partial charge in [0.15, 0.2) is 0 Å². The summed E-state index contributed by atoms with van der Waals surface area (Å²) < 4.78 is 4.98. The molecule has 86 valence electrons. The summed E-state index contributed by atoms with van der Waals surface area (Å²) in [6, 6.07) is 0. The number of carbonyl (C=O) groups is 1. The Morgan fingerprint density at radius 3 is 2.87 bits per heavy atom. The Hall–Kier alpha value is -0.830. The van der Waals surface area contributed by atoms with E-state index in [9.17, 15) is 9.90 Å². The van der Waals surface area contributed by atoms with Crippen LogP contribution in [0.4, 0.5) is 0 Å². The Kier molecular flexibility index (Phi) is 4.33. The maximum absolute atomic E-state index is 11.4. The minimum Gasteiger partial charge on any atom is -0.466 e. The van der Waals surface area contributed by atoms with E-state index in [0.29, 0.717) is 24.9 Å². The highest BCUT2D eigenvalue weighted by molar-refractivity contribution is 5.76. The summed E-state index contributed by atoms with van der Waals surface area (Å²) >= 11 is 0. The van der Waals surface area contributed by atoms with Gasteiger partial charge in [-0.25, -0.2) is 0 Å². The molecule has 1 rings (SSSR count). The van der Waals surface area contributed by atoms with Gasteiger partial charge in [-0.2, -0.15) is 0 Å². The molecule has 0 saturated heterocycles. The summed E-state index contributed by atoms with van der Waals surface area (Å²) in [7, 11) is 0. The van der Waals surface area contributed by atoms with Crippen LogP contribution in [0.25, 0.3) is 0 Å². The Bertz CT molecular complexity index is 237. The van der Waals surface area contributed by atoms with Crippen LogP contribution in [0.3, 0.4) is 0 Å². The molecule has 0 spiro atoms.